The molecule has 1 fully saturated rings. The van der Waals surface area contributed by atoms with Gasteiger partial charge in [0.15, 0.2) is 0 Å². The van der Waals surface area contributed by atoms with Crippen molar-refractivity contribution in [3.8, 4) is 0 Å². The van der Waals surface area contributed by atoms with Gasteiger partial charge in [0, 0.05) is 23.4 Å². The SMILES string of the molecule is O=CCc1cnc(C2CCS(=O)(=O)CC2)s1. The number of thiazole rings is 1. The van der Waals surface area contributed by atoms with Crippen molar-refractivity contribution in [2.75, 3.05) is 11.5 Å². The van der Waals surface area contributed by atoms with Gasteiger partial charge in [0.05, 0.1) is 16.5 Å². The Hall–Kier alpha value is -0.750. The maximum Gasteiger partial charge on any atom is 0.150 e. The molecule has 1 aliphatic rings. The summed E-state index contributed by atoms with van der Waals surface area (Å²) in [7, 11) is -2.81. The highest BCUT2D eigenvalue weighted by molar-refractivity contribution is 7.91. The van der Waals surface area contributed by atoms with Gasteiger partial charge in [-0.25, -0.2) is 13.4 Å². The van der Waals surface area contributed by atoms with Crippen LogP contribution in [-0.4, -0.2) is 31.2 Å². The third kappa shape index (κ3) is 2.68. The summed E-state index contributed by atoms with van der Waals surface area (Å²) >= 11 is 1.53. The normalized spacial score (nSPS) is 20.8. The van der Waals surface area contributed by atoms with Crippen molar-refractivity contribution in [1.82, 2.24) is 4.98 Å². The van der Waals surface area contributed by atoms with E-state index in [1.54, 1.807) is 6.20 Å². The van der Waals surface area contributed by atoms with E-state index in [1.165, 1.54) is 11.3 Å². The fraction of sp³-hybridized carbons (Fsp3) is 0.600. The first-order valence-corrected chi connectivity index (χ1v) is 7.83. The summed E-state index contributed by atoms with van der Waals surface area (Å²) < 4.78 is 22.5. The summed E-state index contributed by atoms with van der Waals surface area (Å²) in [5.74, 6) is 0.787. The number of carbonyl (C=O) groups is 1. The lowest BCUT2D eigenvalue weighted by Crippen LogP contribution is -2.21. The lowest BCUT2D eigenvalue weighted by atomic mass is 10.0. The summed E-state index contributed by atoms with van der Waals surface area (Å²) in [5, 5.41) is 0.978. The predicted octanol–water partition coefficient (Wildman–Crippen LogP) is 1.18. The number of hydrogen-bond acceptors (Lipinski definition) is 5. The Morgan fingerprint density at radius 3 is 2.75 bits per heavy atom. The van der Waals surface area contributed by atoms with Crippen LogP contribution in [0.5, 0.6) is 0 Å². The Morgan fingerprint density at radius 1 is 1.44 bits per heavy atom. The minimum Gasteiger partial charge on any atom is -0.303 e. The third-order valence-electron chi connectivity index (χ3n) is 2.76. The second-order valence-electron chi connectivity index (χ2n) is 3.96. The molecular formula is C10H13NO3S2. The van der Waals surface area contributed by atoms with Gasteiger partial charge in [-0.1, -0.05) is 0 Å². The molecule has 0 bridgehead atoms. The summed E-state index contributed by atoms with van der Waals surface area (Å²) in [5.41, 5.74) is 0. The van der Waals surface area contributed by atoms with E-state index < -0.39 is 9.84 Å². The summed E-state index contributed by atoms with van der Waals surface area (Å²) in [4.78, 5) is 15.6. The van der Waals surface area contributed by atoms with Crippen LogP contribution < -0.4 is 0 Å². The van der Waals surface area contributed by atoms with Crippen molar-refractivity contribution < 1.29 is 13.2 Å². The van der Waals surface area contributed by atoms with E-state index in [0.29, 0.717) is 19.3 Å². The number of nitrogens with zero attached hydrogens (tertiary/aromatic N) is 1. The molecule has 1 aromatic heterocycles. The van der Waals surface area contributed by atoms with Gasteiger partial charge in [-0.2, -0.15) is 0 Å². The lowest BCUT2D eigenvalue weighted by molar-refractivity contribution is -0.107. The van der Waals surface area contributed by atoms with Crippen LogP contribution in [0.1, 0.15) is 28.6 Å². The maximum absolute atomic E-state index is 11.3. The molecule has 4 nitrogen and oxygen atoms in total. The van der Waals surface area contributed by atoms with E-state index in [9.17, 15) is 13.2 Å². The van der Waals surface area contributed by atoms with Gasteiger partial charge in [0.25, 0.3) is 0 Å². The minimum absolute atomic E-state index is 0.258. The Bertz CT molecular complexity index is 464. The van der Waals surface area contributed by atoms with E-state index in [2.05, 4.69) is 4.98 Å². The molecule has 0 saturated carbocycles. The van der Waals surface area contributed by atoms with Gasteiger partial charge >= 0.3 is 0 Å². The highest BCUT2D eigenvalue weighted by Gasteiger charge is 2.26. The van der Waals surface area contributed by atoms with Gasteiger partial charge < -0.3 is 4.79 Å². The zero-order chi connectivity index (χ0) is 11.6. The molecule has 16 heavy (non-hydrogen) atoms. The molecule has 0 aromatic carbocycles. The molecule has 6 heteroatoms. The second-order valence-corrected chi connectivity index (χ2v) is 7.41. The van der Waals surface area contributed by atoms with E-state index in [-0.39, 0.29) is 17.4 Å². The van der Waals surface area contributed by atoms with Gasteiger partial charge in [0.1, 0.15) is 16.1 Å². The Labute approximate surface area is 98.6 Å². The van der Waals surface area contributed by atoms with Crippen molar-refractivity contribution in [3.05, 3.63) is 16.1 Å². The molecule has 2 rings (SSSR count). The molecule has 0 N–H and O–H groups in total. The van der Waals surface area contributed by atoms with Crippen molar-refractivity contribution >= 4 is 27.5 Å². The molecule has 1 saturated heterocycles. The number of aromatic nitrogens is 1. The first-order chi connectivity index (χ1) is 7.61. The monoisotopic (exact) mass is 259 g/mol. The van der Waals surface area contributed by atoms with Crippen molar-refractivity contribution in [2.45, 2.75) is 25.2 Å². The predicted molar refractivity (Wildman–Crippen MR) is 62.5 cm³/mol. The zero-order valence-corrected chi connectivity index (χ0v) is 10.4. The quantitative estimate of drug-likeness (QED) is 0.765. The van der Waals surface area contributed by atoms with Crippen LogP contribution in [0.15, 0.2) is 6.20 Å². The number of carbonyl (C=O) groups excluding carboxylic acids is 1. The molecule has 1 aliphatic heterocycles. The van der Waals surface area contributed by atoms with E-state index >= 15 is 0 Å². The molecule has 88 valence electrons. The molecule has 1 aromatic rings. The topological polar surface area (TPSA) is 64.1 Å². The number of rotatable bonds is 3. The van der Waals surface area contributed by atoms with Crippen molar-refractivity contribution in [1.29, 1.82) is 0 Å². The van der Waals surface area contributed by atoms with E-state index in [4.69, 9.17) is 0 Å². The average molecular weight is 259 g/mol. The lowest BCUT2D eigenvalue weighted by Gasteiger charge is -2.19. The zero-order valence-electron chi connectivity index (χ0n) is 8.76. The summed E-state index contributed by atoms with van der Waals surface area (Å²) in [6.07, 6.45) is 4.32. The van der Waals surface area contributed by atoms with Crippen LogP contribution in [0.2, 0.25) is 0 Å². The van der Waals surface area contributed by atoms with Crippen LogP contribution in [0.25, 0.3) is 0 Å². The third-order valence-corrected chi connectivity index (χ3v) is 5.66. The fourth-order valence-corrected chi connectivity index (χ4v) is 4.35. The largest absolute Gasteiger partial charge is 0.303 e. The Kier molecular flexibility index (Phi) is 3.39. The van der Waals surface area contributed by atoms with Crippen LogP contribution >= 0.6 is 11.3 Å². The molecule has 0 atom stereocenters. The highest BCUT2D eigenvalue weighted by Crippen LogP contribution is 2.31. The molecule has 0 aliphatic carbocycles. The van der Waals surface area contributed by atoms with Crippen molar-refractivity contribution in [3.63, 3.8) is 0 Å². The Balaban J connectivity index is 2.05. The van der Waals surface area contributed by atoms with Crippen LogP contribution in [-0.2, 0) is 21.1 Å². The van der Waals surface area contributed by atoms with Gasteiger partial charge in [-0.05, 0) is 12.8 Å². The van der Waals surface area contributed by atoms with Gasteiger partial charge in [-0.3, -0.25) is 0 Å². The molecule has 0 unspecified atom stereocenters. The van der Waals surface area contributed by atoms with E-state index in [1.807, 2.05) is 0 Å². The van der Waals surface area contributed by atoms with Crippen molar-refractivity contribution in [2.24, 2.45) is 0 Å². The first-order valence-electron chi connectivity index (χ1n) is 5.19. The Morgan fingerprint density at radius 2 is 2.12 bits per heavy atom. The van der Waals surface area contributed by atoms with Gasteiger partial charge in [-0.15, -0.1) is 11.3 Å². The highest BCUT2D eigenvalue weighted by atomic mass is 32.2. The molecular weight excluding hydrogens is 246 g/mol. The fourth-order valence-electron chi connectivity index (χ4n) is 1.82. The number of hydrogen-bond donors (Lipinski definition) is 0. The molecule has 0 amide bonds. The number of aldehydes is 1. The summed E-state index contributed by atoms with van der Waals surface area (Å²) in [6.45, 7) is 0. The van der Waals surface area contributed by atoms with E-state index in [0.717, 1.165) is 16.2 Å². The minimum atomic E-state index is -2.81. The van der Waals surface area contributed by atoms with Crippen LogP contribution in [0.4, 0.5) is 0 Å². The maximum atomic E-state index is 11.3. The van der Waals surface area contributed by atoms with Gasteiger partial charge in [0.2, 0.25) is 0 Å². The molecule has 0 radical (unpaired) electrons. The average Bonchev–Trinajstić information content (AvgIpc) is 2.67. The molecule has 0 spiro atoms. The molecule has 2 heterocycles. The number of sulfone groups is 1. The van der Waals surface area contributed by atoms with Crippen LogP contribution in [0, 0.1) is 0 Å². The smallest absolute Gasteiger partial charge is 0.150 e. The standard InChI is InChI=1S/C10H13NO3S2/c12-4-1-9-7-11-10(15-9)8-2-5-16(13,14)6-3-8/h4,7-8H,1-3,5-6H2. The summed E-state index contributed by atoms with van der Waals surface area (Å²) in [6, 6.07) is 0. The first kappa shape index (κ1) is 11.7. The second kappa shape index (κ2) is 4.63. The van der Waals surface area contributed by atoms with Crippen LogP contribution in [0.3, 0.4) is 0 Å².